The summed E-state index contributed by atoms with van der Waals surface area (Å²) in [7, 11) is 0. The second kappa shape index (κ2) is 3.90. The van der Waals surface area contributed by atoms with Gasteiger partial charge in [0.25, 0.3) is 0 Å². The molecule has 0 bridgehead atoms. The first kappa shape index (κ1) is 10.6. The third-order valence-electron chi connectivity index (χ3n) is 3.32. The van der Waals surface area contributed by atoms with E-state index < -0.39 is 0 Å². The molecule has 1 aliphatic heterocycles. The lowest BCUT2D eigenvalue weighted by Gasteiger charge is -2.38. The highest BCUT2D eigenvalue weighted by Gasteiger charge is 2.43. The van der Waals surface area contributed by atoms with Crippen LogP contribution in [0.15, 0.2) is 11.1 Å². The Kier molecular flexibility index (Phi) is 2.94. The lowest BCUT2D eigenvalue weighted by molar-refractivity contribution is 0.0455. The van der Waals surface area contributed by atoms with Gasteiger partial charge in [0.1, 0.15) is 4.93 Å². The van der Waals surface area contributed by atoms with Crippen molar-refractivity contribution < 1.29 is 4.74 Å². The molecule has 0 N–H and O–H groups in total. The van der Waals surface area contributed by atoms with Gasteiger partial charge in [-0.2, -0.15) is 0 Å². The predicted molar refractivity (Wildman–Crippen MR) is 62.5 cm³/mol. The summed E-state index contributed by atoms with van der Waals surface area (Å²) >= 11 is 2.03. The molecule has 2 unspecified atom stereocenters. The van der Waals surface area contributed by atoms with Crippen molar-refractivity contribution in [1.82, 2.24) is 0 Å². The molecule has 0 aromatic heterocycles. The van der Waals surface area contributed by atoms with Gasteiger partial charge in [-0.25, -0.2) is 0 Å². The van der Waals surface area contributed by atoms with E-state index in [4.69, 9.17) is 4.74 Å². The van der Waals surface area contributed by atoms with Crippen LogP contribution in [0.2, 0.25) is 0 Å². The first-order valence-corrected chi connectivity index (χ1v) is 6.57. The number of allylic oxidation sites excluding steroid dienone is 1. The second-order valence-electron chi connectivity index (χ2n) is 4.78. The average Bonchev–Trinajstić information content (AvgIpc) is 2.52. The van der Waals surface area contributed by atoms with E-state index in [-0.39, 0.29) is 4.93 Å². The summed E-state index contributed by atoms with van der Waals surface area (Å²) in [6, 6.07) is 0. The summed E-state index contributed by atoms with van der Waals surface area (Å²) in [5.41, 5.74) is 3.06. The summed E-state index contributed by atoms with van der Waals surface area (Å²) in [6.07, 6.45) is 3.81. The van der Waals surface area contributed by atoms with Crippen LogP contribution in [0.25, 0.3) is 0 Å². The maximum atomic E-state index is 6.03. The summed E-state index contributed by atoms with van der Waals surface area (Å²) in [6.45, 7) is 7.75. The maximum absolute atomic E-state index is 6.03. The molecule has 2 heteroatoms. The molecule has 1 saturated heterocycles. The highest BCUT2D eigenvalue weighted by molar-refractivity contribution is 8.00. The topological polar surface area (TPSA) is 9.23 Å². The van der Waals surface area contributed by atoms with Crippen LogP contribution in [-0.4, -0.2) is 17.3 Å². The first-order valence-electron chi connectivity index (χ1n) is 5.59. The molecule has 2 fully saturated rings. The molecule has 1 nitrogen and oxygen atoms in total. The van der Waals surface area contributed by atoms with Gasteiger partial charge in [-0.3, -0.25) is 0 Å². The molecule has 2 aliphatic rings. The molecule has 0 radical (unpaired) electrons. The molecule has 1 heterocycles. The van der Waals surface area contributed by atoms with Gasteiger partial charge in [0.2, 0.25) is 0 Å². The Hall–Kier alpha value is 0.0500. The minimum absolute atomic E-state index is 0.0799. The second-order valence-corrected chi connectivity index (χ2v) is 6.13. The van der Waals surface area contributed by atoms with E-state index in [1.54, 1.807) is 5.57 Å². The zero-order valence-corrected chi connectivity index (χ0v) is 10.2. The monoisotopic (exact) mass is 212 g/mol. The van der Waals surface area contributed by atoms with Crippen molar-refractivity contribution in [3.63, 3.8) is 0 Å². The van der Waals surface area contributed by atoms with Crippen molar-refractivity contribution >= 4 is 11.8 Å². The molecule has 80 valence electrons. The Morgan fingerprint density at radius 1 is 1.50 bits per heavy atom. The van der Waals surface area contributed by atoms with Gasteiger partial charge >= 0.3 is 0 Å². The zero-order chi connectivity index (χ0) is 10.2. The Labute approximate surface area is 91.3 Å². The fraction of sp³-hybridized carbons (Fsp3) is 0.833. The summed E-state index contributed by atoms with van der Waals surface area (Å²) in [5.74, 6) is 1.99. The van der Waals surface area contributed by atoms with Crippen LogP contribution >= 0.6 is 11.8 Å². The highest BCUT2D eigenvalue weighted by Crippen LogP contribution is 2.50. The Balaban J connectivity index is 2.28. The number of hydrogen-bond donors (Lipinski definition) is 0. The van der Waals surface area contributed by atoms with Gasteiger partial charge in [0, 0.05) is 5.75 Å². The van der Waals surface area contributed by atoms with Gasteiger partial charge in [0.05, 0.1) is 6.61 Å². The highest BCUT2D eigenvalue weighted by atomic mass is 32.2. The quantitative estimate of drug-likeness (QED) is 0.567. The molecule has 0 aromatic carbocycles. The maximum Gasteiger partial charge on any atom is 0.135 e. The van der Waals surface area contributed by atoms with Crippen LogP contribution in [0.1, 0.15) is 40.0 Å². The van der Waals surface area contributed by atoms with Crippen LogP contribution in [-0.2, 0) is 4.74 Å². The van der Waals surface area contributed by atoms with E-state index >= 15 is 0 Å². The minimum atomic E-state index is 0.0799. The summed E-state index contributed by atoms with van der Waals surface area (Å²) < 4.78 is 6.03. The Morgan fingerprint density at radius 3 is 2.86 bits per heavy atom. The van der Waals surface area contributed by atoms with E-state index in [0.29, 0.717) is 0 Å². The van der Waals surface area contributed by atoms with E-state index in [0.717, 1.165) is 12.5 Å². The third-order valence-corrected chi connectivity index (χ3v) is 4.69. The zero-order valence-electron chi connectivity index (χ0n) is 9.43. The van der Waals surface area contributed by atoms with Crippen molar-refractivity contribution in [3.05, 3.63) is 11.1 Å². The average molecular weight is 212 g/mol. The van der Waals surface area contributed by atoms with Crippen LogP contribution in [0.5, 0.6) is 0 Å². The largest absolute Gasteiger partial charge is 0.359 e. The minimum Gasteiger partial charge on any atom is -0.359 e. The number of ether oxygens (including phenoxy) is 1. The fourth-order valence-electron chi connectivity index (χ4n) is 2.64. The Morgan fingerprint density at radius 2 is 2.29 bits per heavy atom. The number of hydrogen-bond acceptors (Lipinski definition) is 2. The van der Waals surface area contributed by atoms with E-state index in [9.17, 15) is 0 Å². The summed E-state index contributed by atoms with van der Waals surface area (Å²) in [5, 5.41) is 0. The normalized spacial score (nSPS) is 37.9. The molecule has 2 rings (SSSR count). The smallest absolute Gasteiger partial charge is 0.135 e. The van der Waals surface area contributed by atoms with E-state index in [2.05, 4.69) is 20.8 Å². The SMILES string of the molecule is CC(C)=C1CCC(C)CC12OCCS2. The molecule has 14 heavy (non-hydrogen) atoms. The molecule has 1 spiro atoms. The van der Waals surface area contributed by atoms with Gasteiger partial charge in [-0.1, -0.05) is 12.5 Å². The van der Waals surface area contributed by atoms with Gasteiger partial charge < -0.3 is 4.74 Å². The van der Waals surface area contributed by atoms with Crippen molar-refractivity contribution in [2.45, 2.75) is 45.0 Å². The van der Waals surface area contributed by atoms with Crippen LogP contribution in [0, 0.1) is 5.92 Å². The van der Waals surface area contributed by atoms with Crippen LogP contribution in [0.4, 0.5) is 0 Å². The first-order chi connectivity index (χ1) is 6.64. The lowest BCUT2D eigenvalue weighted by Crippen LogP contribution is -2.34. The van der Waals surface area contributed by atoms with Crippen LogP contribution in [0.3, 0.4) is 0 Å². The van der Waals surface area contributed by atoms with Crippen molar-refractivity contribution in [1.29, 1.82) is 0 Å². The van der Waals surface area contributed by atoms with Crippen molar-refractivity contribution in [2.75, 3.05) is 12.4 Å². The fourth-order valence-corrected chi connectivity index (χ4v) is 4.19. The van der Waals surface area contributed by atoms with Crippen molar-refractivity contribution in [2.24, 2.45) is 5.92 Å². The molecule has 0 aromatic rings. The Bertz CT molecular complexity index is 247. The molecular weight excluding hydrogens is 192 g/mol. The molecule has 0 amide bonds. The van der Waals surface area contributed by atoms with E-state index in [1.165, 1.54) is 30.6 Å². The van der Waals surface area contributed by atoms with Crippen LogP contribution < -0.4 is 0 Å². The summed E-state index contributed by atoms with van der Waals surface area (Å²) in [4.78, 5) is 0.0799. The van der Waals surface area contributed by atoms with Crippen molar-refractivity contribution in [3.8, 4) is 0 Å². The molecule has 2 atom stereocenters. The molecule has 1 saturated carbocycles. The van der Waals surface area contributed by atoms with E-state index in [1.807, 2.05) is 11.8 Å². The van der Waals surface area contributed by atoms with Gasteiger partial charge in [0.15, 0.2) is 0 Å². The van der Waals surface area contributed by atoms with Gasteiger partial charge in [-0.15, -0.1) is 11.8 Å². The van der Waals surface area contributed by atoms with Gasteiger partial charge in [-0.05, 0) is 44.6 Å². The number of rotatable bonds is 0. The lowest BCUT2D eigenvalue weighted by atomic mass is 9.82. The molecule has 1 aliphatic carbocycles. The number of thioether (sulfide) groups is 1. The standard InChI is InChI=1S/C12H20OS/c1-9(2)11-5-4-10(3)8-12(11)13-6-7-14-12/h10H,4-8H2,1-3H3. The predicted octanol–water partition coefficient (Wildman–Crippen LogP) is 3.60. The molecular formula is C12H20OS. The third kappa shape index (κ3) is 1.74.